The Morgan fingerprint density at radius 2 is 2.26 bits per heavy atom. The number of imidazole rings is 1. The van der Waals surface area contributed by atoms with Gasteiger partial charge in [-0.3, -0.25) is 4.98 Å². The lowest BCUT2D eigenvalue weighted by atomic mass is 10.3. The van der Waals surface area contributed by atoms with E-state index in [9.17, 15) is 0 Å². The first-order valence-electron chi connectivity index (χ1n) is 5.59. The second kappa shape index (κ2) is 4.81. The predicted molar refractivity (Wildman–Crippen MR) is 70.2 cm³/mol. The van der Waals surface area contributed by atoms with Gasteiger partial charge in [0, 0.05) is 12.4 Å². The van der Waals surface area contributed by atoms with E-state index < -0.39 is 0 Å². The fourth-order valence-corrected chi connectivity index (χ4v) is 2.03. The lowest BCUT2D eigenvalue weighted by molar-refractivity contribution is 0.400. The molecule has 6 nitrogen and oxygen atoms in total. The summed E-state index contributed by atoms with van der Waals surface area (Å²) >= 11 is 5.81. The second-order valence-corrected chi connectivity index (χ2v) is 4.25. The number of fused-ring (bicyclic) bond motifs is 1. The standard InChI is InChI=1S/C12H10ClN5O/c1-19-11-9-10(16-12(13)17-11)15-7-18(9)6-8-3-2-4-14-5-8/h2-5,7H,6H2,1H3. The third-order valence-electron chi connectivity index (χ3n) is 2.68. The molecule has 3 aromatic heterocycles. The van der Waals surface area contributed by atoms with Crippen molar-refractivity contribution in [2.75, 3.05) is 7.11 Å². The second-order valence-electron chi connectivity index (χ2n) is 3.91. The van der Waals surface area contributed by atoms with Crippen LogP contribution in [0.2, 0.25) is 5.28 Å². The maximum atomic E-state index is 5.81. The van der Waals surface area contributed by atoms with Crippen molar-refractivity contribution >= 4 is 22.8 Å². The first kappa shape index (κ1) is 11.9. The minimum absolute atomic E-state index is 0.121. The lowest BCUT2D eigenvalue weighted by Gasteiger charge is -2.06. The van der Waals surface area contributed by atoms with E-state index in [1.165, 1.54) is 0 Å². The Bertz CT molecular complexity index is 713. The average Bonchev–Trinajstić information content (AvgIpc) is 2.82. The van der Waals surface area contributed by atoms with Crippen LogP contribution in [-0.4, -0.2) is 31.6 Å². The van der Waals surface area contributed by atoms with Gasteiger partial charge in [0.25, 0.3) is 0 Å². The molecule has 0 saturated carbocycles. The summed E-state index contributed by atoms with van der Waals surface area (Å²) in [5, 5.41) is 0.121. The van der Waals surface area contributed by atoms with Crippen LogP contribution >= 0.6 is 11.6 Å². The maximum Gasteiger partial charge on any atom is 0.244 e. The maximum absolute atomic E-state index is 5.81. The van der Waals surface area contributed by atoms with Crippen molar-refractivity contribution in [1.29, 1.82) is 0 Å². The number of methoxy groups -OCH3 is 1. The molecule has 3 heterocycles. The fourth-order valence-electron chi connectivity index (χ4n) is 1.87. The minimum atomic E-state index is 0.121. The smallest absolute Gasteiger partial charge is 0.244 e. The molecule has 96 valence electrons. The summed E-state index contributed by atoms with van der Waals surface area (Å²) in [6.07, 6.45) is 5.22. The summed E-state index contributed by atoms with van der Waals surface area (Å²) in [7, 11) is 1.54. The summed E-state index contributed by atoms with van der Waals surface area (Å²) in [4.78, 5) is 16.4. The van der Waals surface area contributed by atoms with Gasteiger partial charge in [-0.1, -0.05) is 6.07 Å². The van der Waals surface area contributed by atoms with Gasteiger partial charge in [0.05, 0.1) is 20.0 Å². The third-order valence-corrected chi connectivity index (χ3v) is 2.85. The number of rotatable bonds is 3. The zero-order chi connectivity index (χ0) is 13.2. The van der Waals surface area contributed by atoms with Crippen molar-refractivity contribution in [3.05, 3.63) is 41.7 Å². The van der Waals surface area contributed by atoms with Crippen molar-refractivity contribution in [2.24, 2.45) is 0 Å². The third kappa shape index (κ3) is 2.22. The van der Waals surface area contributed by atoms with Gasteiger partial charge in [-0.15, -0.1) is 0 Å². The molecule has 0 aromatic carbocycles. The van der Waals surface area contributed by atoms with Gasteiger partial charge in [0.2, 0.25) is 11.2 Å². The van der Waals surface area contributed by atoms with Crippen LogP contribution in [-0.2, 0) is 6.54 Å². The number of hydrogen-bond acceptors (Lipinski definition) is 5. The highest BCUT2D eigenvalue weighted by Crippen LogP contribution is 2.23. The monoisotopic (exact) mass is 275 g/mol. The van der Waals surface area contributed by atoms with E-state index >= 15 is 0 Å². The zero-order valence-electron chi connectivity index (χ0n) is 10.1. The van der Waals surface area contributed by atoms with Crippen LogP contribution in [0, 0.1) is 0 Å². The Morgan fingerprint density at radius 3 is 3.00 bits per heavy atom. The van der Waals surface area contributed by atoms with Crippen LogP contribution in [0.1, 0.15) is 5.56 Å². The van der Waals surface area contributed by atoms with Gasteiger partial charge in [0.1, 0.15) is 0 Å². The molecule has 0 fully saturated rings. The summed E-state index contributed by atoms with van der Waals surface area (Å²) < 4.78 is 7.14. The average molecular weight is 276 g/mol. The van der Waals surface area contributed by atoms with E-state index in [0.717, 1.165) is 11.1 Å². The highest BCUT2D eigenvalue weighted by molar-refractivity contribution is 6.28. The summed E-state index contributed by atoms with van der Waals surface area (Å²) in [6, 6.07) is 3.88. The molecule has 19 heavy (non-hydrogen) atoms. The SMILES string of the molecule is COc1nc(Cl)nc2ncn(Cc3cccnc3)c12. The molecule has 0 saturated heterocycles. The largest absolute Gasteiger partial charge is 0.479 e. The van der Waals surface area contributed by atoms with Crippen molar-refractivity contribution in [1.82, 2.24) is 24.5 Å². The molecule has 0 aliphatic carbocycles. The van der Waals surface area contributed by atoms with E-state index in [-0.39, 0.29) is 5.28 Å². The number of ether oxygens (including phenoxy) is 1. The molecule has 0 amide bonds. The van der Waals surface area contributed by atoms with Gasteiger partial charge >= 0.3 is 0 Å². The van der Waals surface area contributed by atoms with Gasteiger partial charge < -0.3 is 9.30 Å². The Labute approximate surface area is 114 Å². The number of aromatic nitrogens is 5. The first-order chi connectivity index (χ1) is 9.28. The van der Waals surface area contributed by atoms with Crippen LogP contribution in [0.5, 0.6) is 5.88 Å². The van der Waals surface area contributed by atoms with Gasteiger partial charge in [0.15, 0.2) is 11.2 Å². The van der Waals surface area contributed by atoms with Crippen LogP contribution < -0.4 is 4.74 Å². The molecular formula is C12H10ClN5O. The van der Waals surface area contributed by atoms with Gasteiger partial charge in [-0.25, -0.2) is 4.98 Å². The van der Waals surface area contributed by atoms with Crippen molar-refractivity contribution in [3.63, 3.8) is 0 Å². The minimum Gasteiger partial charge on any atom is -0.479 e. The number of nitrogens with zero attached hydrogens (tertiary/aromatic N) is 5. The summed E-state index contributed by atoms with van der Waals surface area (Å²) in [6.45, 7) is 0.617. The molecule has 0 aliphatic heterocycles. The van der Waals surface area contributed by atoms with Crippen LogP contribution in [0.3, 0.4) is 0 Å². The molecule has 0 unspecified atom stereocenters. The number of pyridine rings is 1. The summed E-state index contributed by atoms with van der Waals surface area (Å²) in [5.74, 6) is 0.413. The zero-order valence-corrected chi connectivity index (χ0v) is 10.9. The Hall–Kier alpha value is -2.21. The highest BCUT2D eigenvalue weighted by Gasteiger charge is 2.13. The molecule has 0 spiro atoms. The van der Waals surface area contributed by atoms with Gasteiger partial charge in [-0.2, -0.15) is 9.97 Å². The van der Waals surface area contributed by atoms with E-state index in [2.05, 4.69) is 19.9 Å². The topological polar surface area (TPSA) is 65.7 Å². The Balaban J connectivity index is 2.10. The van der Waals surface area contributed by atoms with E-state index in [1.807, 2.05) is 16.7 Å². The van der Waals surface area contributed by atoms with Crippen molar-refractivity contribution in [3.8, 4) is 5.88 Å². The van der Waals surface area contributed by atoms with Crippen LogP contribution in [0.15, 0.2) is 30.9 Å². The van der Waals surface area contributed by atoms with Crippen LogP contribution in [0.25, 0.3) is 11.2 Å². The Morgan fingerprint density at radius 1 is 1.37 bits per heavy atom. The molecule has 0 N–H and O–H groups in total. The number of hydrogen-bond donors (Lipinski definition) is 0. The molecule has 7 heteroatoms. The normalized spacial score (nSPS) is 10.8. The Kier molecular flexibility index (Phi) is 3.00. The first-order valence-corrected chi connectivity index (χ1v) is 5.97. The summed E-state index contributed by atoms with van der Waals surface area (Å²) in [5.41, 5.74) is 2.29. The van der Waals surface area contributed by atoms with Crippen molar-refractivity contribution < 1.29 is 4.74 Å². The predicted octanol–water partition coefficient (Wildman–Crippen LogP) is 1.93. The molecule has 0 radical (unpaired) electrons. The quantitative estimate of drug-likeness (QED) is 0.683. The van der Waals surface area contributed by atoms with Gasteiger partial charge in [-0.05, 0) is 23.2 Å². The van der Waals surface area contributed by atoms with Crippen molar-refractivity contribution in [2.45, 2.75) is 6.54 Å². The van der Waals surface area contributed by atoms with E-state index in [4.69, 9.17) is 16.3 Å². The van der Waals surface area contributed by atoms with E-state index in [1.54, 1.807) is 25.8 Å². The number of halogens is 1. The molecule has 3 aromatic rings. The molecule has 3 rings (SSSR count). The molecule has 0 bridgehead atoms. The molecule has 0 aliphatic rings. The molecule has 0 atom stereocenters. The highest BCUT2D eigenvalue weighted by atomic mass is 35.5. The van der Waals surface area contributed by atoms with Crippen LogP contribution in [0.4, 0.5) is 0 Å². The fraction of sp³-hybridized carbons (Fsp3) is 0.167. The molecular weight excluding hydrogens is 266 g/mol. The lowest BCUT2D eigenvalue weighted by Crippen LogP contribution is -2.01. The van der Waals surface area contributed by atoms with E-state index in [0.29, 0.717) is 18.1 Å².